The SMILES string of the molecule is CC1=C(C(=O)N2CCOCC2)C(c2ccc(C)c([N+](=O)[O-])c2)C2=C(CC(C)(C)CC2=O)N1. The van der Waals surface area contributed by atoms with Gasteiger partial charge in [-0.2, -0.15) is 0 Å². The van der Waals surface area contributed by atoms with Gasteiger partial charge in [-0.1, -0.05) is 26.0 Å². The third-order valence-corrected chi connectivity index (χ3v) is 6.53. The molecule has 1 fully saturated rings. The summed E-state index contributed by atoms with van der Waals surface area (Å²) in [5, 5.41) is 15.0. The molecule has 8 nitrogen and oxygen atoms in total. The Morgan fingerprint density at radius 2 is 1.91 bits per heavy atom. The second-order valence-electron chi connectivity index (χ2n) is 9.64. The zero-order valence-corrected chi connectivity index (χ0v) is 19.0. The highest BCUT2D eigenvalue weighted by Crippen LogP contribution is 2.47. The Balaban J connectivity index is 1.88. The third-order valence-electron chi connectivity index (χ3n) is 6.53. The van der Waals surface area contributed by atoms with Gasteiger partial charge in [-0.05, 0) is 31.2 Å². The molecule has 32 heavy (non-hydrogen) atoms. The van der Waals surface area contributed by atoms with E-state index in [1.807, 2.05) is 6.92 Å². The molecule has 0 aromatic heterocycles. The van der Waals surface area contributed by atoms with Crippen molar-refractivity contribution in [2.75, 3.05) is 26.3 Å². The fourth-order valence-corrected chi connectivity index (χ4v) is 4.99. The second-order valence-corrected chi connectivity index (χ2v) is 9.64. The molecule has 1 saturated heterocycles. The number of ether oxygens (including phenoxy) is 1. The maximum atomic E-state index is 13.6. The van der Waals surface area contributed by atoms with Gasteiger partial charge in [-0.25, -0.2) is 0 Å². The van der Waals surface area contributed by atoms with Crippen LogP contribution in [0.2, 0.25) is 0 Å². The maximum absolute atomic E-state index is 13.6. The number of dihydropyridines is 1. The Morgan fingerprint density at radius 1 is 1.22 bits per heavy atom. The number of nitro benzene ring substituents is 1. The van der Waals surface area contributed by atoms with Crippen LogP contribution >= 0.6 is 0 Å². The molecular weight excluding hydrogens is 410 g/mol. The summed E-state index contributed by atoms with van der Waals surface area (Å²) in [6.45, 7) is 9.52. The molecule has 170 valence electrons. The fourth-order valence-electron chi connectivity index (χ4n) is 4.99. The molecule has 4 rings (SSSR count). The molecule has 1 unspecified atom stereocenters. The van der Waals surface area contributed by atoms with E-state index >= 15 is 0 Å². The van der Waals surface area contributed by atoms with E-state index < -0.39 is 10.8 Å². The highest BCUT2D eigenvalue weighted by Gasteiger charge is 2.44. The third kappa shape index (κ3) is 3.95. The molecule has 2 aliphatic heterocycles. The lowest BCUT2D eigenvalue weighted by atomic mass is 9.68. The minimum Gasteiger partial charge on any atom is -0.378 e. The van der Waals surface area contributed by atoms with Crippen LogP contribution < -0.4 is 5.32 Å². The van der Waals surface area contributed by atoms with Crippen LogP contribution in [-0.2, 0) is 14.3 Å². The summed E-state index contributed by atoms with van der Waals surface area (Å²) in [4.78, 5) is 40.0. The van der Waals surface area contributed by atoms with Crippen molar-refractivity contribution in [2.45, 2.75) is 46.5 Å². The molecule has 8 heteroatoms. The molecule has 0 spiro atoms. The largest absolute Gasteiger partial charge is 0.378 e. The number of aryl methyl sites for hydroxylation is 1. The number of nitrogens with zero attached hydrogens (tertiary/aromatic N) is 2. The van der Waals surface area contributed by atoms with E-state index in [2.05, 4.69) is 19.2 Å². The molecule has 0 saturated carbocycles. The normalized spacial score (nSPS) is 23.1. The molecule has 3 aliphatic rings. The second kappa shape index (κ2) is 8.16. The van der Waals surface area contributed by atoms with Gasteiger partial charge in [0.1, 0.15) is 0 Å². The van der Waals surface area contributed by atoms with E-state index in [0.29, 0.717) is 67.1 Å². The first-order valence-electron chi connectivity index (χ1n) is 10.9. The summed E-state index contributed by atoms with van der Waals surface area (Å²) in [5.41, 5.74) is 3.48. The van der Waals surface area contributed by atoms with Gasteiger partial charge in [-0.15, -0.1) is 0 Å². The Hall–Kier alpha value is -3.00. The number of rotatable bonds is 3. The van der Waals surface area contributed by atoms with Crippen molar-refractivity contribution >= 4 is 17.4 Å². The summed E-state index contributed by atoms with van der Waals surface area (Å²) in [6, 6.07) is 5.01. The quantitative estimate of drug-likeness (QED) is 0.572. The van der Waals surface area contributed by atoms with Crippen LogP contribution in [0.4, 0.5) is 5.69 Å². The van der Waals surface area contributed by atoms with Gasteiger partial charge in [0, 0.05) is 59.6 Å². The lowest BCUT2D eigenvalue weighted by molar-refractivity contribution is -0.385. The fraction of sp³-hybridized carbons (Fsp3) is 0.500. The number of hydrogen-bond acceptors (Lipinski definition) is 6. The van der Waals surface area contributed by atoms with E-state index in [1.54, 1.807) is 24.0 Å². The van der Waals surface area contributed by atoms with Crippen LogP contribution in [0.1, 0.15) is 50.7 Å². The zero-order chi connectivity index (χ0) is 23.2. The van der Waals surface area contributed by atoms with Gasteiger partial charge in [0.05, 0.1) is 18.1 Å². The molecule has 1 aromatic carbocycles. The molecule has 1 atom stereocenters. The van der Waals surface area contributed by atoms with Crippen LogP contribution in [0.5, 0.6) is 0 Å². The number of allylic oxidation sites excluding steroid dienone is 3. The van der Waals surface area contributed by atoms with Crippen molar-refractivity contribution in [1.29, 1.82) is 0 Å². The molecule has 1 amide bonds. The van der Waals surface area contributed by atoms with Gasteiger partial charge in [0.15, 0.2) is 5.78 Å². The Morgan fingerprint density at radius 3 is 2.56 bits per heavy atom. The first-order chi connectivity index (χ1) is 15.1. The highest BCUT2D eigenvalue weighted by molar-refractivity contribution is 6.05. The lowest BCUT2D eigenvalue weighted by Crippen LogP contribution is -2.45. The summed E-state index contributed by atoms with van der Waals surface area (Å²) < 4.78 is 5.39. The van der Waals surface area contributed by atoms with Crippen molar-refractivity contribution in [3.05, 3.63) is 62.0 Å². The number of benzene rings is 1. The van der Waals surface area contributed by atoms with Crippen LogP contribution in [0.15, 0.2) is 40.7 Å². The number of nitrogens with one attached hydrogen (secondary N) is 1. The van der Waals surface area contributed by atoms with Crippen molar-refractivity contribution < 1.29 is 19.2 Å². The van der Waals surface area contributed by atoms with Crippen molar-refractivity contribution in [1.82, 2.24) is 10.2 Å². The summed E-state index contributed by atoms with van der Waals surface area (Å²) in [5.74, 6) is -0.808. The minimum atomic E-state index is -0.635. The summed E-state index contributed by atoms with van der Waals surface area (Å²) in [7, 11) is 0. The molecule has 1 aliphatic carbocycles. The average molecular weight is 440 g/mol. The van der Waals surface area contributed by atoms with E-state index in [1.165, 1.54) is 6.07 Å². The zero-order valence-electron chi connectivity index (χ0n) is 19.0. The number of amides is 1. The number of ketones is 1. The van der Waals surface area contributed by atoms with Crippen LogP contribution in [-0.4, -0.2) is 47.8 Å². The number of nitro groups is 1. The number of carbonyl (C=O) groups is 2. The Bertz CT molecular complexity index is 1060. The van der Waals surface area contributed by atoms with Crippen LogP contribution in [0.25, 0.3) is 0 Å². The van der Waals surface area contributed by atoms with E-state index in [-0.39, 0.29) is 22.8 Å². The average Bonchev–Trinajstić information content (AvgIpc) is 2.72. The van der Waals surface area contributed by atoms with Gasteiger partial charge in [0.25, 0.3) is 11.6 Å². The predicted molar refractivity (Wildman–Crippen MR) is 119 cm³/mol. The van der Waals surface area contributed by atoms with Crippen molar-refractivity contribution in [2.24, 2.45) is 5.41 Å². The number of Topliss-reactive ketones (excluding diaryl/α,β-unsaturated/α-hetero) is 1. The van der Waals surface area contributed by atoms with Crippen LogP contribution in [0, 0.1) is 22.5 Å². The first kappa shape index (κ1) is 22.2. The Kier molecular flexibility index (Phi) is 5.67. The van der Waals surface area contributed by atoms with Crippen molar-refractivity contribution in [3.8, 4) is 0 Å². The topological polar surface area (TPSA) is 102 Å². The maximum Gasteiger partial charge on any atom is 0.272 e. The molecule has 0 bridgehead atoms. The highest BCUT2D eigenvalue weighted by atomic mass is 16.6. The minimum absolute atomic E-state index is 0.0115. The van der Waals surface area contributed by atoms with Crippen LogP contribution in [0.3, 0.4) is 0 Å². The summed E-state index contributed by atoms with van der Waals surface area (Å²) >= 11 is 0. The number of hydrogen-bond donors (Lipinski definition) is 1. The predicted octanol–water partition coefficient (Wildman–Crippen LogP) is 3.37. The van der Waals surface area contributed by atoms with Crippen molar-refractivity contribution in [3.63, 3.8) is 0 Å². The Labute approximate surface area is 187 Å². The number of carbonyl (C=O) groups excluding carboxylic acids is 2. The molecular formula is C24H29N3O5. The van der Waals surface area contributed by atoms with Gasteiger partial charge in [-0.3, -0.25) is 19.7 Å². The monoisotopic (exact) mass is 439 g/mol. The van der Waals surface area contributed by atoms with Gasteiger partial charge < -0.3 is 15.0 Å². The standard InChI is InChI=1S/C24H29N3O5/c1-14-5-6-16(11-18(14)27(30)31)21-20(23(29)26-7-9-32-10-8-26)15(2)25-17-12-24(3,4)13-19(28)22(17)21/h5-6,11,21,25H,7-10,12-13H2,1-4H3. The number of morpholine rings is 1. The molecule has 1 N–H and O–H groups in total. The smallest absolute Gasteiger partial charge is 0.272 e. The molecule has 2 heterocycles. The van der Waals surface area contributed by atoms with Gasteiger partial charge in [0.2, 0.25) is 0 Å². The van der Waals surface area contributed by atoms with Gasteiger partial charge >= 0.3 is 0 Å². The first-order valence-corrected chi connectivity index (χ1v) is 10.9. The molecule has 1 aromatic rings. The van der Waals surface area contributed by atoms with E-state index in [9.17, 15) is 19.7 Å². The summed E-state index contributed by atoms with van der Waals surface area (Å²) in [6.07, 6.45) is 1.05. The lowest BCUT2D eigenvalue weighted by Gasteiger charge is -2.41. The van der Waals surface area contributed by atoms with E-state index in [0.717, 1.165) is 5.70 Å². The van der Waals surface area contributed by atoms with E-state index in [4.69, 9.17) is 4.74 Å². The molecule has 0 radical (unpaired) electrons.